The molecule has 1 aliphatic heterocycles. The van der Waals surface area contributed by atoms with Crippen LogP contribution in [0.2, 0.25) is 0 Å². The van der Waals surface area contributed by atoms with Crippen molar-refractivity contribution in [1.82, 2.24) is 9.38 Å². The Bertz CT molecular complexity index is 1020. The van der Waals surface area contributed by atoms with Gasteiger partial charge in [-0.2, -0.15) is 0 Å². The maximum atomic E-state index is 13.0. The van der Waals surface area contributed by atoms with Gasteiger partial charge in [0.1, 0.15) is 5.69 Å². The number of hydrogen-bond acceptors (Lipinski definition) is 4. The fourth-order valence-corrected chi connectivity index (χ4v) is 5.58. The van der Waals surface area contributed by atoms with E-state index in [-0.39, 0.29) is 5.78 Å². The van der Waals surface area contributed by atoms with E-state index in [1.807, 2.05) is 10.6 Å². The van der Waals surface area contributed by atoms with Gasteiger partial charge in [0.05, 0.1) is 5.69 Å². The number of aryl methyl sites for hydroxylation is 3. The number of rotatable bonds is 6. The van der Waals surface area contributed by atoms with Crippen LogP contribution in [0.25, 0.3) is 4.96 Å². The Morgan fingerprint density at radius 1 is 1.21 bits per heavy atom. The summed E-state index contributed by atoms with van der Waals surface area (Å²) in [5.74, 6) is 0.195. The topological polar surface area (TPSA) is 37.6 Å². The van der Waals surface area contributed by atoms with Gasteiger partial charge in [0, 0.05) is 41.7 Å². The van der Waals surface area contributed by atoms with Gasteiger partial charge in [-0.25, -0.2) is 4.98 Å². The maximum absolute atomic E-state index is 13.0. The Hall–Kier alpha value is -2.14. The predicted molar refractivity (Wildman–Crippen MR) is 115 cm³/mol. The van der Waals surface area contributed by atoms with Crippen LogP contribution < -0.4 is 4.90 Å². The average Bonchev–Trinajstić information content (AvgIpc) is 3.13. The third-order valence-corrected chi connectivity index (χ3v) is 7.42. The summed E-state index contributed by atoms with van der Waals surface area (Å²) in [6.07, 6.45) is 8.38. The van der Waals surface area contributed by atoms with Crippen molar-refractivity contribution in [2.45, 2.75) is 52.4 Å². The molecule has 1 aliphatic carbocycles. The van der Waals surface area contributed by atoms with Crippen LogP contribution in [-0.4, -0.2) is 28.3 Å². The van der Waals surface area contributed by atoms with Crippen molar-refractivity contribution in [2.75, 3.05) is 18.0 Å². The molecular weight excluding hydrogens is 366 g/mol. The van der Waals surface area contributed by atoms with Gasteiger partial charge in [-0.15, -0.1) is 11.3 Å². The summed E-state index contributed by atoms with van der Waals surface area (Å²) in [6.45, 7) is 6.58. The smallest absolute Gasteiger partial charge is 0.194 e. The number of carbonyl (C=O) groups excluding carboxylic acids is 1. The van der Waals surface area contributed by atoms with Gasteiger partial charge in [0.15, 0.2) is 10.7 Å². The summed E-state index contributed by atoms with van der Waals surface area (Å²) >= 11 is 1.65. The predicted octanol–water partition coefficient (Wildman–Crippen LogP) is 5.07. The van der Waals surface area contributed by atoms with Crippen LogP contribution >= 0.6 is 11.3 Å². The number of hydrogen-bond donors (Lipinski definition) is 0. The second kappa shape index (κ2) is 6.73. The lowest BCUT2D eigenvalue weighted by Gasteiger charge is -2.57. The molecule has 5 heteroatoms. The molecule has 0 unspecified atom stereocenters. The van der Waals surface area contributed by atoms with Gasteiger partial charge in [-0.3, -0.25) is 9.20 Å². The van der Waals surface area contributed by atoms with E-state index in [1.165, 1.54) is 48.5 Å². The van der Waals surface area contributed by atoms with Crippen LogP contribution in [-0.2, 0) is 12.8 Å². The van der Waals surface area contributed by atoms with Crippen molar-refractivity contribution in [3.8, 4) is 0 Å². The van der Waals surface area contributed by atoms with E-state index in [1.54, 1.807) is 11.3 Å². The molecule has 2 aromatic heterocycles. The number of fused-ring (bicyclic) bond motifs is 1. The highest BCUT2D eigenvalue weighted by Gasteiger charge is 2.47. The first kappa shape index (κ1) is 17.9. The van der Waals surface area contributed by atoms with Crippen molar-refractivity contribution >= 4 is 27.8 Å². The SMILES string of the molecule is CCc1nc2sc(C)cn2c1C(=O)CCc1ccc(N2CC3(CCC3)C2)cc1. The zero-order valence-electron chi connectivity index (χ0n) is 16.7. The van der Waals surface area contributed by atoms with Gasteiger partial charge >= 0.3 is 0 Å². The van der Waals surface area contributed by atoms with E-state index in [9.17, 15) is 4.79 Å². The highest BCUT2D eigenvalue weighted by atomic mass is 32.1. The Morgan fingerprint density at radius 2 is 1.96 bits per heavy atom. The minimum atomic E-state index is 0.195. The number of carbonyl (C=O) groups is 1. The van der Waals surface area contributed by atoms with E-state index in [2.05, 4.69) is 48.0 Å². The van der Waals surface area contributed by atoms with E-state index in [0.717, 1.165) is 29.2 Å². The van der Waals surface area contributed by atoms with Crippen LogP contribution in [0.4, 0.5) is 5.69 Å². The molecule has 0 radical (unpaired) electrons. The first-order valence-electron chi connectivity index (χ1n) is 10.4. The standard InChI is InChI=1S/C23H27N3OS/c1-3-19-21(26-13-16(2)28-22(26)24-19)20(27)10-7-17-5-8-18(9-6-17)25-14-23(15-25)11-4-12-23/h5-6,8-9,13H,3-4,7,10-12,14-15H2,1-2H3. The number of imidazole rings is 1. The fourth-order valence-electron chi connectivity index (χ4n) is 4.73. The number of ketones is 1. The lowest BCUT2D eigenvalue weighted by molar-refractivity contribution is 0.0904. The summed E-state index contributed by atoms with van der Waals surface area (Å²) in [4.78, 5) is 22.2. The van der Waals surface area contributed by atoms with Crippen molar-refractivity contribution in [3.63, 3.8) is 0 Å². The molecule has 1 aromatic carbocycles. The number of aromatic nitrogens is 2. The van der Waals surface area contributed by atoms with Gasteiger partial charge in [-0.05, 0) is 50.3 Å². The quantitative estimate of drug-likeness (QED) is 0.549. The number of Topliss-reactive ketones (excluding diaryl/α,β-unsaturated/α-hetero) is 1. The van der Waals surface area contributed by atoms with Gasteiger partial charge in [0.25, 0.3) is 0 Å². The van der Waals surface area contributed by atoms with Crippen LogP contribution in [0.5, 0.6) is 0 Å². The van der Waals surface area contributed by atoms with Crippen molar-refractivity contribution in [3.05, 3.63) is 52.3 Å². The Balaban J connectivity index is 1.24. The Morgan fingerprint density at radius 3 is 2.61 bits per heavy atom. The Kier molecular flexibility index (Phi) is 4.31. The molecule has 2 aliphatic rings. The van der Waals surface area contributed by atoms with Crippen LogP contribution in [0.1, 0.15) is 59.2 Å². The summed E-state index contributed by atoms with van der Waals surface area (Å²) in [5, 5.41) is 0. The average molecular weight is 394 g/mol. The lowest BCUT2D eigenvalue weighted by Crippen LogP contribution is -2.59. The molecule has 0 amide bonds. The molecule has 28 heavy (non-hydrogen) atoms. The number of anilines is 1. The molecule has 1 saturated heterocycles. The molecule has 0 atom stereocenters. The highest BCUT2D eigenvalue weighted by molar-refractivity contribution is 7.17. The number of thiazole rings is 1. The fraction of sp³-hybridized carbons (Fsp3) is 0.478. The third kappa shape index (κ3) is 2.96. The van der Waals surface area contributed by atoms with Crippen molar-refractivity contribution in [2.24, 2.45) is 5.41 Å². The Labute approximate surface area is 170 Å². The minimum absolute atomic E-state index is 0.195. The molecular formula is C23H27N3OS. The van der Waals surface area contributed by atoms with Gasteiger partial charge in [-0.1, -0.05) is 25.5 Å². The van der Waals surface area contributed by atoms with Crippen molar-refractivity contribution < 1.29 is 4.79 Å². The first-order chi connectivity index (χ1) is 13.6. The molecule has 1 saturated carbocycles. The van der Waals surface area contributed by atoms with Crippen molar-refractivity contribution in [1.29, 1.82) is 0 Å². The monoisotopic (exact) mass is 393 g/mol. The number of nitrogens with zero attached hydrogens (tertiary/aromatic N) is 3. The van der Waals surface area contributed by atoms with E-state index < -0.39 is 0 Å². The zero-order chi connectivity index (χ0) is 19.3. The molecule has 3 heterocycles. The second-order valence-electron chi connectivity index (χ2n) is 8.55. The largest absolute Gasteiger partial charge is 0.370 e. The molecule has 0 bridgehead atoms. The normalized spacial score (nSPS) is 17.7. The van der Waals surface area contributed by atoms with Crippen LogP contribution in [0.3, 0.4) is 0 Å². The molecule has 0 N–H and O–H groups in total. The first-order valence-corrected chi connectivity index (χ1v) is 11.2. The summed E-state index contributed by atoms with van der Waals surface area (Å²) in [5.41, 5.74) is 4.92. The highest BCUT2D eigenvalue weighted by Crippen LogP contribution is 2.49. The molecule has 146 valence electrons. The molecule has 5 rings (SSSR count). The maximum Gasteiger partial charge on any atom is 0.194 e. The summed E-state index contributed by atoms with van der Waals surface area (Å²) in [6, 6.07) is 8.83. The van der Waals surface area contributed by atoms with Gasteiger partial charge in [0.2, 0.25) is 0 Å². The third-order valence-electron chi connectivity index (χ3n) is 6.52. The lowest BCUT2D eigenvalue weighted by atomic mass is 9.63. The van der Waals surface area contributed by atoms with E-state index >= 15 is 0 Å². The number of benzene rings is 1. The second-order valence-corrected chi connectivity index (χ2v) is 9.77. The molecule has 3 aromatic rings. The minimum Gasteiger partial charge on any atom is -0.370 e. The molecule has 2 fully saturated rings. The zero-order valence-corrected chi connectivity index (χ0v) is 17.5. The van der Waals surface area contributed by atoms with Gasteiger partial charge < -0.3 is 4.90 Å². The van der Waals surface area contributed by atoms with Crippen LogP contribution in [0.15, 0.2) is 30.5 Å². The van der Waals surface area contributed by atoms with E-state index in [4.69, 9.17) is 0 Å². The molecule has 4 nitrogen and oxygen atoms in total. The van der Waals surface area contributed by atoms with E-state index in [0.29, 0.717) is 11.8 Å². The van der Waals surface area contributed by atoms with Crippen LogP contribution in [0, 0.1) is 12.3 Å². The summed E-state index contributed by atoms with van der Waals surface area (Å²) < 4.78 is 1.99. The summed E-state index contributed by atoms with van der Waals surface area (Å²) in [7, 11) is 0. The molecule has 1 spiro atoms.